The van der Waals surface area contributed by atoms with Crippen LogP contribution >= 0.6 is 11.6 Å². The monoisotopic (exact) mass is 478 g/mol. The number of amides is 2. The number of aliphatic hydroxyl groups is 1. The van der Waals surface area contributed by atoms with Gasteiger partial charge in [-0.2, -0.15) is 0 Å². The van der Waals surface area contributed by atoms with E-state index in [0.29, 0.717) is 30.0 Å². The molecular formula is C24H31ClN2O6. The average Bonchev–Trinajstić information content (AvgIpc) is 3.39. The molecule has 33 heavy (non-hydrogen) atoms. The highest BCUT2D eigenvalue weighted by atomic mass is 35.5. The normalized spacial score (nSPS) is 33.2. The van der Waals surface area contributed by atoms with E-state index in [4.69, 9.17) is 21.1 Å². The van der Waals surface area contributed by atoms with Crippen LogP contribution in [-0.2, 0) is 23.9 Å². The summed E-state index contributed by atoms with van der Waals surface area (Å²) in [6.07, 6.45) is 1.53. The van der Waals surface area contributed by atoms with Gasteiger partial charge in [0.15, 0.2) is 0 Å². The van der Waals surface area contributed by atoms with Crippen molar-refractivity contribution in [2.24, 2.45) is 11.8 Å². The number of benzene rings is 1. The summed E-state index contributed by atoms with van der Waals surface area (Å²) in [7, 11) is 0. The van der Waals surface area contributed by atoms with E-state index in [9.17, 15) is 19.5 Å². The zero-order chi connectivity index (χ0) is 24.1. The number of carbonyl (C=O) groups excluding carboxylic acids is 3. The molecule has 1 aromatic rings. The smallest absolute Gasteiger partial charge is 0.312 e. The van der Waals surface area contributed by atoms with Gasteiger partial charge in [-0.25, -0.2) is 0 Å². The Hall–Kier alpha value is -2.16. The molecule has 3 saturated heterocycles. The minimum atomic E-state index is -1.17. The molecule has 0 saturated carbocycles. The van der Waals surface area contributed by atoms with Crippen molar-refractivity contribution in [3.05, 3.63) is 28.8 Å². The molecule has 1 aromatic carbocycles. The maximum absolute atomic E-state index is 13.8. The second-order valence-corrected chi connectivity index (χ2v) is 9.69. The molecule has 2 amide bonds. The fourth-order valence-corrected chi connectivity index (χ4v) is 6.36. The van der Waals surface area contributed by atoms with Gasteiger partial charge in [-0.1, -0.05) is 30.7 Å². The predicted molar refractivity (Wildman–Crippen MR) is 122 cm³/mol. The van der Waals surface area contributed by atoms with Crippen molar-refractivity contribution in [1.82, 2.24) is 4.90 Å². The summed E-state index contributed by atoms with van der Waals surface area (Å²) in [5, 5.41) is 13.2. The number of esters is 1. The fourth-order valence-electron chi connectivity index (χ4n) is 6.09. The number of hydrogen-bond acceptors (Lipinski definition) is 6. The van der Waals surface area contributed by atoms with Gasteiger partial charge in [0.05, 0.1) is 41.5 Å². The third kappa shape index (κ3) is 3.37. The van der Waals surface area contributed by atoms with E-state index in [0.717, 1.165) is 5.56 Å². The van der Waals surface area contributed by atoms with Crippen LogP contribution in [0.1, 0.15) is 45.6 Å². The molecule has 2 unspecified atom stereocenters. The third-order valence-electron chi connectivity index (χ3n) is 7.62. The maximum atomic E-state index is 13.8. The number of ether oxygens (including phenoxy) is 2. The number of halogens is 1. The van der Waals surface area contributed by atoms with Crippen molar-refractivity contribution in [3.63, 3.8) is 0 Å². The molecule has 1 spiro atoms. The van der Waals surface area contributed by atoms with Crippen LogP contribution in [0.2, 0.25) is 5.02 Å². The van der Waals surface area contributed by atoms with Crippen LogP contribution in [0.3, 0.4) is 0 Å². The number of rotatable bonds is 7. The van der Waals surface area contributed by atoms with Gasteiger partial charge in [0.25, 0.3) is 0 Å². The van der Waals surface area contributed by atoms with Crippen molar-refractivity contribution in [2.45, 2.75) is 70.2 Å². The number of anilines is 1. The van der Waals surface area contributed by atoms with Crippen LogP contribution in [0.25, 0.3) is 0 Å². The molecule has 0 aromatic heterocycles. The van der Waals surface area contributed by atoms with Gasteiger partial charge in [0.2, 0.25) is 11.8 Å². The number of aryl methyl sites for hydroxylation is 1. The summed E-state index contributed by atoms with van der Waals surface area (Å²) < 4.78 is 11.9. The van der Waals surface area contributed by atoms with Gasteiger partial charge in [-0.05, 0) is 51.7 Å². The first-order chi connectivity index (χ1) is 15.7. The number of aliphatic hydroxyl groups excluding tert-OH is 1. The Morgan fingerprint density at radius 2 is 2.09 bits per heavy atom. The molecule has 0 radical (unpaired) electrons. The quantitative estimate of drug-likeness (QED) is 0.584. The van der Waals surface area contributed by atoms with Crippen molar-refractivity contribution in [3.8, 4) is 0 Å². The highest BCUT2D eigenvalue weighted by Gasteiger charge is 2.79. The number of fused-ring (bicyclic) bond motifs is 1. The number of nitrogens with zero attached hydrogens (tertiary/aromatic N) is 1. The first-order valence-corrected chi connectivity index (χ1v) is 11.9. The van der Waals surface area contributed by atoms with Crippen LogP contribution in [0.15, 0.2) is 18.2 Å². The predicted octanol–water partition coefficient (Wildman–Crippen LogP) is 2.69. The van der Waals surface area contributed by atoms with E-state index < -0.39 is 47.0 Å². The SMILES string of the molecule is CCOC(=O)[C@@H]1[C@H]2C(=O)N([C@H](C)CO)C(C(=O)Nc3c(C)cccc3Cl)C23CC[C@@]1(CC)O3. The molecule has 3 aliphatic heterocycles. The Bertz CT molecular complexity index is 965. The Kier molecular flexibility index (Phi) is 6.22. The van der Waals surface area contributed by atoms with Crippen LogP contribution in [0.5, 0.6) is 0 Å². The summed E-state index contributed by atoms with van der Waals surface area (Å²) in [5.41, 5.74) is -0.775. The number of nitrogens with one attached hydrogen (secondary N) is 1. The van der Waals surface area contributed by atoms with E-state index in [1.54, 1.807) is 26.0 Å². The molecule has 3 fully saturated rings. The lowest BCUT2D eigenvalue weighted by atomic mass is 9.65. The lowest BCUT2D eigenvalue weighted by molar-refractivity contribution is -0.161. The van der Waals surface area contributed by atoms with E-state index in [1.807, 2.05) is 19.9 Å². The molecule has 3 heterocycles. The van der Waals surface area contributed by atoms with Crippen molar-refractivity contribution >= 4 is 35.1 Å². The molecule has 3 aliphatic rings. The van der Waals surface area contributed by atoms with Crippen LogP contribution in [0.4, 0.5) is 5.69 Å². The highest BCUT2D eigenvalue weighted by Crippen LogP contribution is 2.64. The van der Waals surface area contributed by atoms with Gasteiger partial charge >= 0.3 is 5.97 Å². The van der Waals surface area contributed by atoms with E-state index in [-0.39, 0.29) is 19.1 Å². The second-order valence-electron chi connectivity index (χ2n) is 9.28. The first-order valence-electron chi connectivity index (χ1n) is 11.5. The molecule has 180 valence electrons. The van der Waals surface area contributed by atoms with Gasteiger partial charge in [0, 0.05) is 0 Å². The average molecular weight is 479 g/mol. The van der Waals surface area contributed by atoms with Crippen LogP contribution < -0.4 is 5.32 Å². The van der Waals surface area contributed by atoms with Gasteiger partial charge in [-0.15, -0.1) is 0 Å². The second kappa shape index (κ2) is 8.56. The molecule has 6 atom stereocenters. The van der Waals surface area contributed by atoms with E-state index in [1.165, 1.54) is 4.90 Å². The Balaban J connectivity index is 1.80. The number of para-hydroxylation sites is 1. The minimum Gasteiger partial charge on any atom is -0.466 e. The molecule has 2 bridgehead atoms. The lowest BCUT2D eigenvalue weighted by Gasteiger charge is -2.36. The maximum Gasteiger partial charge on any atom is 0.312 e. The molecule has 4 rings (SSSR count). The third-order valence-corrected chi connectivity index (χ3v) is 7.93. The molecule has 8 nitrogen and oxygen atoms in total. The minimum absolute atomic E-state index is 0.190. The number of carbonyl (C=O) groups is 3. The van der Waals surface area contributed by atoms with Crippen molar-refractivity contribution < 1.29 is 29.0 Å². The van der Waals surface area contributed by atoms with Crippen LogP contribution in [0, 0.1) is 18.8 Å². The van der Waals surface area contributed by atoms with Gasteiger partial charge in [0.1, 0.15) is 17.6 Å². The first kappa shape index (κ1) is 24.0. The highest BCUT2D eigenvalue weighted by molar-refractivity contribution is 6.34. The molecule has 0 aliphatic carbocycles. The summed E-state index contributed by atoms with van der Waals surface area (Å²) in [5.74, 6) is -2.92. The molecular weight excluding hydrogens is 448 g/mol. The van der Waals surface area contributed by atoms with Gasteiger partial charge < -0.3 is 24.8 Å². The largest absolute Gasteiger partial charge is 0.466 e. The topological polar surface area (TPSA) is 105 Å². The van der Waals surface area contributed by atoms with Crippen LogP contribution in [-0.4, -0.2) is 64.3 Å². The van der Waals surface area contributed by atoms with E-state index in [2.05, 4.69) is 5.32 Å². The lowest BCUT2D eigenvalue weighted by Crippen LogP contribution is -2.56. The molecule has 9 heteroatoms. The van der Waals surface area contributed by atoms with Crippen molar-refractivity contribution in [2.75, 3.05) is 18.5 Å². The Labute approximate surface area is 198 Å². The zero-order valence-corrected chi connectivity index (χ0v) is 20.1. The molecule has 2 N–H and O–H groups in total. The van der Waals surface area contributed by atoms with E-state index >= 15 is 0 Å². The Morgan fingerprint density at radius 3 is 2.70 bits per heavy atom. The Morgan fingerprint density at radius 1 is 1.36 bits per heavy atom. The fraction of sp³-hybridized carbons (Fsp3) is 0.625. The zero-order valence-electron chi connectivity index (χ0n) is 19.4. The summed E-state index contributed by atoms with van der Waals surface area (Å²) >= 11 is 6.34. The summed E-state index contributed by atoms with van der Waals surface area (Å²) in [6.45, 7) is 7.02. The van der Waals surface area contributed by atoms with Gasteiger partial charge in [-0.3, -0.25) is 14.4 Å². The number of likely N-dealkylation sites (tertiary alicyclic amines) is 1. The summed E-state index contributed by atoms with van der Waals surface area (Å²) in [6, 6.07) is 3.65. The van der Waals surface area contributed by atoms with Crippen molar-refractivity contribution in [1.29, 1.82) is 0 Å². The summed E-state index contributed by atoms with van der Waals surface area (Å²) in [4.78, 5) is 42.0. The standard InChI is InChI=1S/C24H31ClN2O6/c1-5-23-10-11-24(33-23)16(17(23)22(31)32-6-2)21(30)27(14(4)12-28)19(24)20(29)26-18-13(3)8-7-9-15(18)25/h7-9,14,16-17,19,28H,5-6,10-12H2,1-4H3,(H,26,29)/t14-,16+,17+,19?,23-,24?/m1/s1. The number of hydrogen-bond donors (Lipinski definition) is 2.